The normalized spacial score (nSPS) is 18.5. The number of benzene rings is 2. The fourth-order valence-corrected chi connectivity index (χ4v) is 8.27. The molecule has 5 rings (SSSR count). The minimum Gasteiger partial charge on any atom is -0.354 e. The van der Waals surface area contributed by atoms with Crippen molar-refractivity contribution in [2.75, 3.05) is 6.54 Å². The van der Waals surface area contributed by atoms with Crippen molar-refractivity contribution in [1.82, 2.24) is 15.6 Å². The molecule has 1 amide bonds. The minimum absolute atomic E-state index is 0.0587. The van der Waals surface area contributed by atoms with E-state index in [1.807, 2.05) is 6.07 Å². The summed E-state index contributed by atoms with van der Waals surface area (Å²) in [6.45, 7) is 2.05. The number of aromatic nitrogens is 1. The van der Waals surface area contributed by atoms with Crippen LogP contribution in [0.3, 0.4) is 0 Å². The van der Waals surface area contributed by atoms with E-state index in [0.29, 0.717) is 12.2 Å². The Morgan fingerprint density at radius 2 is 1.46 bits per heavy atom. The highest BCUT2D eigenvalue weighted by Gasteiger charge is 2.38. The van der Waals surface area contributed by atoms with Gasteiger partial charge in [-0.15, -0.1) is 0 Å². The number of rotatable bonds is 5. The molecular weight excluding hydrogens is 554 g/mol. The number of H-pyrrole nitrogens is 1. The van der Waals surface area contributed by atoms with Crippen molar-refractivity contribution in [1.29, 1.82) is 0 Å². The van der Waals surface area contributed by atoms with Gasteiger partial charge in [0.2, 0.25) is 9.84 Å². The van der Waals surface area contributed by atoms with Gasteiger partial charge in [-0.3, -0.25) is 4.79 Å². The predicted molar refractivity (Wildman–Crippen MR) is 164 cm³/mol. The molecule has 6 nitrogen and oxygen atoms in total. The Bertz CT molecular complexity index is 1420. The van der Waals surface area contributed by atoms with Gasteiger partial charge in [0.1, 0.15) is 5.69 Å². The van der Waals surface area contributed by atoms with E-state index in [-0.39, 0.29) is 26.1 Å². The van der Waals surface area contributed by atoms with Crippen LogP contribution in [0.25, 0.3) is 0 Å². The second-order valence-corrected chi connectivity index (χ2v) is 14.1. The average molecular weight is 596 g/mol. The van der Waals surface area contributed by atoms with Gasteiger partial charge in [0.15, 0.2) is 0 Å². The number of sulfone groups is 1. The topological polar surface area (TPSA) is 91.1 Å². The van der Waals surface area contributed by atoms with E-state index >= 15 is 0 Å². The molecule has 8 heteroatoms. The van der Waals surface area contributed by atoms with Crippen LogP contribution >= 0.6 is 11.6 Å². The maximum absolute atomic E-state index is 13.2. The zero-order valence-electron chi connectivity index (χ0n) is 23.8. The average Bonchev–Trinajstić information content (AvgIpc) is 3.43. The lowest BCUT2D eigenvalue weighted by molar-refractivity contribution is 0.0946. The Morgan fingerprint density at radius 3 is 2.10 bits per heavy atom. The molecule has 1 aliphatic carbocycles. The molecule has 1 aliphatic heterocycles. The molecule has 0 atom stereocenters. The van der Waals surface area contributed by atoms with E-state index in [1.165, 1.54) is 81.5 Å². The summed E-state index contributed by atoms with van der Waals surface area (Å²) >= 11 is 6.13. The van der Waals surface area contributed by atoms with Crippen molar-refractivity contribution < 1.29 is 13.2 Å². The molecule has 0 unspecified atom stereocenters. The maximum atomic E-state index is 13.2. The molecule has 1 fully saturated rings. The van der Waals surface area contributed by atoms with E-state index in [2.05, 4.69) is 15.6 Å². The molecule has 3 N–H and O–H groups in total. The number of carbonyl (C=O) groups is 1. The van der Waals surface area contributed by atoms with E-state index in [9.17, 15) is 13.2 Å². The summed E-state index contributed by atoms with van der Waals surface area (Å²) in [5.74, 6) is -0.146. The third-order valence-corrected chi connectivity index (χ3v) is 11.1. The molecule has 2 aromatic carbocycles. The SMILES string of the molecule is O=C(NCc1ccc(S(=O)(=O)c2ccccc2Cl)cc1)c1cc2c([nH]1)C1(CCCCCCCCCCCC1)CNC2. The Labute approximate surface area is 249 Å². The lowest BCUT2D eigenvalue weighted by Gasteiger charge is -2.38. The van der Waals surface area contributed by atoms with E-state index in [4.69, 9.17) is 11.6 Å². The summed E-state index contributed by atoms with van der Waals surface area (Å²) in [7, 11) is -3.72. The zero-order valence-corrected chi connectivity index (χ0v) is 25.4. The van der Waals surface area contributed by atoms with Gasteiger partial charge in [-0.25, -0.2) is 8.42 Å². The Morgan fingerprint density at radius 1 is 0.854 bits per heavy atom. The molecule has 0 saturated heterocycles. The Kier molecular flexibility index (Phi) is 9.89. The number of carbonyl (C=O) groups excluding carboxylic acids is 1. The first-order valence-corrected chi connectivity index (χ1v) is 17.1. The number of amides is 1. The van der Waals surface area contributed by atoms with Crippen molar-refractivity contribution >= 4 is 27.3 Å². The molecule has 1 saturated carbocycles. The fourth-order valence-electron chi connectivity index (χ4n) is 6.50. The summed E-state index contributed by atoms with van der Waals surface area (Å²) in [6.07, 6.45) is 15.4. The number of aromatic amines is 1. The second-order valence-electron chi connectivity index (χ2n) is 11.8. The van der Waals surface area contributed by atoms with Gasteiger partial charge in [0.05, 0.1) is 14.8 Å². The second kappa shape index (κ2) is 13.6. The monoisotopic (exact) mass is 595 g/mol. The lowest BCUT2D eigenvalue weighted by Crippen LogP contribution is -2.43. The Balaban J connectivity index is 1.26. The van der Waals surface area contributed by atoms with Crippen LogP contribution in [0.1, 0.15) is 104 Å². The lowest BCUT2D eigenvalue weighted by atomic mass is 9.72. The highest BCUT2D eigenvalue weighted by Crippen LogP contribution is 2.40. The molecule has 1 aromatic heterocycles. The first kappa shape index (κ1) is 29.9. The fraction of sp³-hybridized carbons (Fsp3) is 0.485. The highest BCUT2D eigenvalue weighted by molar-refractivity contribution is 7.91. The molecule has 0 bridgehead atoms. The van der Waals surface area contributed by atoms with Gasteiger partial charge in [-0.1, -0.05) is 100 Å². The molecule has 1 spiro atoms. The van der Waals surface area contributed by atoms with E-state index in [1.54, 1.807) is 42.5 Å². The number of hydrogen-bond acceptors (Lipinski definition) is 4. The van der Waals surface area contributed by atoms with E-state index in [0.717, 1.165) is 31.5 Å². The molecule has 3 aromatic rings. The first-order valence-electron chi connectivity index (χ1n) is 15.2. The molecule has 2 heterocycles. The molecule has 2 aliphatic rings. The zero-order chi connectivity index (χ0) is 28.7. The Hall–Kier alpha value is -2.61. The highest BCUT2D eigenvalue weighted by atomic mass is 35.5. The number of nitrogens with one attached hydrogen (secondary N) is 3. The summed E-state index contributed by atoms with van der Waals surface area (Å²) in [5, 5.41) is 6.87. The van der Waals surface area contributed by atoms with Gasteiger partial charge in [-0.2, -0.15) is 0 Å². The van der Waals surface area contributed by atoms with Gasteiger partial charge >= 0.3 is 0 Å². The summed E-state index contributed by atoms with van der Waals surface area (Å²) in [5.41, 5.74) is 3.94. The predicted octanol–water partition coefficient (Wildman–Crippen LogP) is 7.47. The van der Waals surface area contributed by atoms with Crippen molar-refractivity contribution in [3.63, 3.8) is 0 Å². The van der Waals surface area contributed by atoms with Crippen LogP contribution in [0.2, 0.25) is 5.02 Å². The smallest absolute Gasteiger partial charge is 0.267 e. The van der Waals surface area contributed by atoms with Crippen molar-refractivity contribution in [3.8, 4) is 0 Å². The van der Waals surface area contributed by atoms with Crippen LogP contribution in [0.5, 0.6) is 0 Å². The van der Waals surface area contributed by atoms with Crippen LogP contribution in [0.15, 0.2) is 64.4 Å². The van der Waals surface area contributed by atoms with Crippen molar-refractivity contribution in [2.24, 2.45) is 0 Å². The quantitative estimate of drug-likeness (QED) is 0.285. The van der Waals surface area contributed by atoms with Crippen LogP contribution < -0.4 is 10.6 Å². The van der Waals surface area contributed by atoms with Crippen molar-refractivity contribution in [2.45, 2.75) is 105 Å². The van der Waals surface area contributed by atoms with E-state index < -0.39 is 9.84 Å². The molecular formula is C33H42ClN3O3S. The van der Waals surface area contributed by atoms with Crippen LogP contribution in [0, 0.1) is 0 Å². The summed E-state index contributed by atoms with van der Waals surface area (Å²) in [4.78, 5) is 17.0. The van der Waals surface area contributed by atoms with Gasteiger partial charge < -0.3 is 15.6 Å². The van der Waals surface area contributed by atoms with Gasteiger partial charge in [-0.05, 0) is 54.3 Å². The number of hydrogen-bond donors (Lipinski definition) is 3. The number of halogens is 1. The third kappa shape index (κ3) is 7.07. The van der Waals surface area contributed by atoms with Gasteiger partial charge in [0.25, 0.3) is 5.91 Å². The molecule has 0 radical (unpaired) electrons. The molecule has 41 heavy (non-hydrogen) atoms. The summed E-state index contributed by atoms with van der Waals surface area (Å²) in [6, 6.07) is 15.0. The van der Waals surface area contributed by atoms with Gasteiger partial charge in [0, 0.05) is 30.7 Å². The molecule has 220 valence electrons. The largest absolute Gasteiger partial charge is 0.354 e. The maximum Gasteiger partial charge on any atom is 0.267 e. The summed E-state index contributed by atoms with van der Waals surface area (Å²) < 4.78 is 26.0. The van der Waals surface area contributed by atoms with Crippen LogP contribution in [-0.4, -0.2) is 25.9 Å². The third-order valence-electron chi connectivity index (χ3n) is 8.83. The van der Waals surface area contributed by atoms with Crippen LogP contribution in [-0.2, 0) is 28.3 Å². The minimum atomic E-state index is -3.72. The van der Waals surface area contributed by atoms with Crippen molar-refractivity contribution in [3.05, 3.63) is 82.1 Å². The van der Waals surface area contributed by atoms with Crippen LogP contribution in [0.4, 0.5) is 0 Å². The number of fused-ring (bicyclic) bond motifs is 2. The standard InChI is InChI=1S/C33H42ClN3O3S/c34-28-13-9-10-14-30(28)41(39,40)27-17-15-25(16-18-27)22-36-32(38)29-21-26-23-35-24-33(31(26)37-29)19-11-7-5-3-1-2-4-6-8-12-20-33/h9-10,13-18,21,35,37H,1-8,11-12,19-20,22-24H2,(H,36,38). The first-order chi connectivity index (χ1) is 19.9.